The van der Waals surface area contributed by atoms with Gasteiger partial charge in [-0.3, -0.25) is 4.79 Å². The molecule has 0 bridgehead atoms. The monoisotopic (exact) mass is 290 g/mol. The summed E-state index contributed by atoms with van der Waals surface area (Å²) in [5.74, 6) is 0.0639. The highest BCUT2D eigenvalue weighted by molar-refractivity contribution is 6.00. The van der Waals surface area contributed by atoms with Crippen molar-refractivity contribution in [2.75, 3.05) is 0 Å². The van der Waals surface area contributed by atoms with Gasteiger partial charge in [0.2, 0.25) is 0 Å². The van der Waals surface area contributed by atoms with Crippen LogP contribution in [0.4, 0.5) is 0 Å². The minimum atomic E-state index is -0.109. The van der Waals surface area contributed by atoms with Crippen molar-refractivity contribution >= 4 is 11.9 Å². The highest BCUT2D eigenvalue weighted by Crippen LogP contribution is 2.20. The maximum atomic E-state index is 12.5. The van der Waals surface area contributed by atoms with Crippen LogP contribution in [0.5, 0.6) is 0 Å². The molecule has 0 saturated carbocycles. The van der Waals surface area contributed by atoms with Crippen LogP contribution in [0.3, 0.4) is 0 Å². The summed E-state index contributed by atoms with van der Waals surface area (Å²) < 4.78 is 0. The van der Waals surface area contributed by atoms with Crippen molar-refractivity contribution in [3.63, 3.8) is 0 Å². The van der Waals surface area contributed by atoms with Gasteiger partial charge in [-0.05, 0) is 30.5 Å². The first-order valence-corrected chi connectivity index (χ1v) is 7.58. The molecule has 112 valence electrons. The van der Waals surface area contributed by atoms with Crippen molar-refractivity contribution in [2.24, 2.45) is 0 Å². The van der Waals surface area contributed by atoms with E-state index in [1.807, 2.05) is 75.4 Å². The molecule has 1 heteroatoms. The van der Waals surface area contributed by atoms with Crippen LogP contribution < -0.4 is 0 Å². The first-order chi connectivity index (χ1) is 10.6. The van der Waals surface area contributed by atoms with Crippen molar-refractivity contribution in [1.29, 1.82) is 0 Å². The number of ketones is 1. The molecule has 2 rings (SSSR count). The Kier molecular flexibility index (Phi) is 5.48. The first-order valence-electron chi connectivity index (χ1n) is 7.58. The van der Waals surface area contributed by atoms with E-state index in [1.165, 1.54) is 0 Å². The van der Waals surface area contributed by atoms with Crippen LogP contribution >= 0.6 is 0 Å². The topological polar surface area (TPSA) is 17.1 Å². The van der Waals surface area contributed by atoms with Gasteiger partial charge in [-0.1, -0.05) is 85.3 Å². The van der Waals surface area contributed by atoms with Gasteiger partial charge in [0.15, 0.2) is 5.78 Å². The molecule has 0 spiro atoms. The summed E-state index contributed by atoms with van der Waals surface area (Å²) in [5.41, 5.74) is 4.08. The largest absolute Gasteiger partial charge is 0.294 e. The third-order valence-corrected chi connectivity index (χ3v) is 3.72. The summed E-state index contributed by atoms with van der Waals surface area (Å²) in [5, 5.41) is 0. The van der Waals surface area contributed by atoms with E-state index in [2.05, 4.69) is 18.2 Å². The number of allylic oxidation sites excluding steroid dienone is 3. The standard InChI is InChI=1S/C21H22O/c1-16(15-19-10-6-4-7-11-19)14-17(2)21(22)18(3)20-12-8-5-9-13-20/h4-15,18H,1-3H3. The molecule has 0 saturated heterocycles. The number of carbonyl (C=O) groups is 1. The minimum absolute atomic E-state index is 0.109. The molecule has 0 aliphatic rings. The van der Waals surface area contributed by atoms with Gasteiger partial charge in [0.05, 0.1) is 0 Å². The van der Waals surface area contributed by atoms with Crippen LogP contribution in [0.2, 0.25) is 0 Å². The molecule has 0 aliphatic carbocycles. The Bertz CT molecular complexity index is 678. The molecule has 1 atom stereocenters. The lowest BCUT2D eigenvalue weighted by molar-refractivity contribution is -0.116. The molecule has 0 amide bonds. The maximum Gasteiger partial charge on any atom is 0.165 e. The Balaban J connectivity index is 2.14. The Morgan fingerprint density at radius 3 is 2.05 bits per heavy atom. The molecule has 0 aliphatic heterocycles. The smallest absolute Gasteiger partial charge is 0.165 e. The fourth-order valence-corrected chi connectivity index (χ4v) is 2.50. The molecule has 0 heterocycles. The second kappa shape index (κ2) is 7.56. The first kappa shape index (κ1) is 16.0. The van der Waals surface area contributed by atoms with Crippen molar-refractivity contribution in [3.05, 3.63) is 89.0 Å². The van der Waals surface area contributed by atoms with Gasteiger partial charge < -0.3 is 0 Å². The number of Topliss-reactive ketones (excluding diaryl/α,β-unsaturated/α-hetero) is 1. The Hall–Kier alpha value is -2.41. The van der Waals surface area contributed by atoms with E-state index in [0.717, 1.165) is 22.3 Å². The van der Waals surface area contributed by atoms with Gasteiger partial charge in [-0.15, -0.1) is 0 Å². The van der Waals surface area contributed by atoms with Crippen molar-refractivity contribution in [2.45, 2.75) is 26.7 Å². The lowest BCUT2D eigenvalue weighted by Gasteiger charge is -2.11. The summed E-state index contributed by atoms with van der Waals surface area (Å²) >= 11 is 0. The summed E-state index contributed by atoms with van der Waals surface area (Å²) in [7, 11) is 0. The minimum Gasteiger partial charge on any atom is -0.294 e. The van der Waals surface area contributed by atoms with E-state index in [1.54, 1.807) is 0 Å². The summed E-state index contributed by atoms with van der Waals surface area (Å²) in [6.45, 7) is 5.88. The fourth-order valence-electron chi connectivity index (χ4n) is 2.50. The molecule has 0 N–H and O–H groups in total. The maximum absolute atomic E-state index is 12.5. The van der Waals surface area contributed by atoms with Gasteiger partial charge in [-0.2, -0.15) is 0 Å². The quantitative estimate of drug-likeness (QED) is 0.531. The third-order valence-electron chi connectivity index (χ3n) is 3.72. The van der Waals surface area contributed by atoms with Crippen molar-refractivity contribution in [1.82, 2.24) is 0 Å². The predicted molar refractivity (Wildman–Crippen MR) is 93.7 cm³/mol. The van der Waals surface area contributed by atoms with Gasteiger partial charge in [0.25, 0.3) is 0 Å². The number of hydrogen-bond donors (Lipinski definition) is 0. The summed E-state index contributed by atoms with van der Waals surface area (Å²) in [6, 6.07) is 20.1. The molecule has 22 heavy (non-hydrogen) atoms. The average molecular weight is 290 g/mol. The Morgan fingerprint density at radius 2 is 1.45 bits per heavy atom. The van der Waals surface area contributed by atoms with Crippen LogP contribution in [-0.4, -0.2) is 5.78 Å². The number of benzene rings is 2. The van der Waals surface area contributed by atoms with E-state index in [9.17, 15) is 4.79 Å². The van der Waals surface area contributed by atoms with E-state index in [-0.39, 0.29) is 11.7 Å². The molecule has 1 nitrogen and oxygen atoms in total. The zero-order valence-corrected chi connectivity index (χ0v) is 13.4. The molecule has 2 aromatic rings. The van der Waals surface area contributed by atoms with Gasteiger partial charge >= 0.3 is 0 Å². The summed E-state index contributed by atoms with van der Waals surface area (Å²) in [6.07, 6.45) is 4.05. The summed E-state index contributed by atoms with van der Waals surface area (Å²) in [4.78, 5) is 12.5. The molecular formula is C21H22O. The molecule has 0 fully saturated rings. The zero-order valence-electron chi connectivity index (χ0n) is 13.4. The van der Waals surface area contributed by atoms with Crippen LogP contribution in [-0.2, 0) is 4.79 Å². The lowest BCUT2D eigenvalue weighted by Crippen LogP contribution is -2.10. The Morgan fingerprint density at radius 1 is 0.909 bits per heavy atom. The predicted octanol–water partition coefficient (Wildman–Crippen LogP) is 5.41. The molecule has 2 aromatic carbocycles. The van der Waals surface area contributed by atoms with Crippen LogP contribution in [0, 0.1) is 0 Å². The van der Waals surface area contributed by atoms with Crippen molar-refractivity contribution < 1.29 is 4.79 Å². The van der Waals surface area contributed by atoms with Crippen LogP contribution in [0.25, 0.3) is 6.08 Å². The van der Waals surface area contributed by atoms with Crippen LogP contribution in [0.1, 0.15) is 37.8 Å². The van der Waals surface area contributed by atoms with E-state index < -0.39 is 0 Å². The van der Waals surface area contributed by atoms with Gasteiger partial charge in [-0.25, -0.2) is 0 Å². The van der Waals surface area contributed by atoms with E-state index in [0.29, 0.717) is 0 Å². The van der Waals surface area contributed by atoms with E-state index >= 15 is 0 Å². The molecular weight excluding hydrogens is 268 g/mol. The zero-order chi connectivity index (χ0) is 15.9. The van der Waals surface area contributed by atoms with Gasteiger partial charge in [0.1, 0.15) is 0 Å². The molecule has 0 aromatic heterocycles. The molecule has 0 radical (unpaired) electrons. The Labute approximate surface area is 133 Å². The molecule has 1 unspecified atom stereocenters. The third kappa shape index (κ3) is 4.29. The van der Waals surface area contributed by atoms with E-state index in [4.69, 9.17) is 0 Å². The highest BCUT2D eigenvalue weighted by Gasteiger charge is 2.16. The van der Waals surface area contributed by atoms with Gasteiger partial charge in [0, 0.05) is 5.92 Å². The normalized spacial score (nSPS) is 13.8. The number of carbonyl (C=O) groups excluding carboxylic acids is 1. The fraction of sp³-hybridized carbons (Fsp3) is 0.190. The average Bonchev–Trinajstić information content (AvgIpc) is 2.55. The second-order valence-corrected chi connectivity index (χ2v) is 5.62. The lowest BCUT2D eigenvalue weighted by atomic mass is 9.92. The highest BCUT2D eigenvalue weighted by atomic mass is 16.1. The number of rotatable bonds is 5. The van der Waals surface area contributed by atoms with Crippen LogP contribution in [0.15, 0.2) is 77.9 Å². The van der Waals surface area contributed by atoms with Crippen molar-refractivity contribution in [3.8, 4) is 0 Å². The number of hydrogen-bond acceptors (Lipinski definition) is 1. The second-order valence-electron chi connectivity index (χ2n) is 5.62. The SMILES string of the molecule is CC(=Cc1ccccc1)C=C(C)C(=O)C(C)c1ccccc1.